The Morgan fingerprint density at radius 3 is 2.75 bits per heavy atom. The van der Waals surface area contributed by atoms with Gasteiger partial charge in [-0.15, -0.1) is 0 Å². The fraction of sp³-hybridized carbons (Fsp3) is 0.400. The molecule has 0 spiro atoms. The van der Waals surface area contributed by atoms with Crippen LogP contribution in [0.1, 0.15) is 35.4 Å². The lowest BCUT2D eigenvalue weighted by Crippen LogP contribution is -2.36. The second-order valence-electron chi connectivity index (χ2n) is 5.03. The van der Waals surface area contributed by atoms with E-state index in [9.17, 15) is 4.79 Å². The maximum atomic E-state index is 12.7. The zero-order valence-corrected chi connectivity index (χ0v) is 11.5. The van der Waals surface area contributed by atoms with Gasteiger partial charge in [0, 0.05) is 19.3 Å². The summed E-state index contributed by atoms with van der Waals surface area (Å²) < 4.78 is 5.22. The Morgan fingerprint density at radius 2 is 2.05 bits per heavy atom. The SMILES string of the molecule is Cc1onc(-c2ccccn2)c1C(=O)N1CCCCC1. The Balaban J connectivity index is 1.97. The van der Waals surface area contributed by atoms with Crippen molar-refractivity contribution in [2.75, 3.05) is 13.1 Å². The predicted octanol–water partition coefficient (Wildman–Crippen LogP) is 2.67. The first kappa shape index (κ1) is 12.8. The summed E-state index contributed by atoms with van der Waals surface area (Å²) in [6.07, 6.45) is 5.01. The smallest absolute Gasteiger partial charge is 0.259 e. The number of aromatic nitrogens is 2. The average molecular weight is 271 g/mol. The highest BCUT2D eigenvalue weighted by molar-refractivity contribution is 6.00. The zero-order chi connectivity index (χ0) is 13.9. The molecule has 0 atom stereocenters. The molecule has 1 fully saturated rings. The zero-order valence-electron chi connectivity index (χ0n) is 11.5. The number of aryl methyl sites for hydroxylation is 1. The van der Waals surface area contributed by atoms with Gasteiger partial charge in [-0.05, 0) is 38.3 Å². The van der Waals surface area contributed by atoms with Crippen LogP contribution >= 0.6 is 0 Å². The number of pyridine rings is 1. The number of rotatable bonds is 2. The van der Waals surface area contributed by atoms with Gasteiger partial charge in [-0.2, -0.15) is 0 Å². The van der Waals surface area contributed by atoms with Crippen molar-refractivity contribution in [2.24, 2.45) is 0 Å². The molecule has 3 heterocycles. The lowest BCUT2D eigenvalue weighted by atomic mass is 10.1. The lowest BCUT2D eigenvalue weighted by Gasteiger charge is -2.26. The van der Waals surface area contributed by atoms with Crippen LogP contribution in [-0.4, -0.2) is 34.0 Å². The van der Waals surface area contributed by atoms with E-state index < -0.39 is 0 Å². The minimum absolute atomic E-state index is 0.00380. The number of piperidine rings is 1. The van der Waals surface area contributed by atoms with E-state index in [1.54, 1.807) is 13.1 Å². The largest absolute Gasteiger partial charge is 0.360 e. The van der Waals surface area contributed by atoms with Crippen molar-refractivity contribution in [3.63, 3.8) is 0 Å². The summed E-state index contributed by atoms with van der Waals surface area (Å²) in [6, 6.07) is 5.55. The molecular weight excluding hydrogens is 254 g/mol. The summed E-state index contributed by atoms with van der Waals surface area (Å²) in [6.45, 7) is 3.40. The van der Waals surface area contributed by atoms with Crippen LogP contribution < -0.4 is 0 Å². The molecule has 20 heavy (non-hydrogen) atoms. The molecule has 2 aromatic heterocycles. The topological polar surface area (TPSA) is 59.2 Å². The Hall–Kier alpha value is -2.17. The van der Waals surface area contributed by atoms with Gasteiger partial charge in [0.15, 0.2) is 0 Å². The molecule has 0 aromatic carbocycles. The quantitative estimate of drug-likeness (QED) is 0.842. The first-order valence-corrected chi connectivity index (χ1v) is 6.94. The van der Waals surface area contributed by atoms with Gasteiger partial charge in [-0.25, -0.2) is 0 Å². The first-order chi connectivity index (χ1) is 9.77. The van der Waals surface area contributed by atoms with Gasteiger partial charge in [0.25, 0.3) is 5.91 Å². The molecule has 0 unspecified atom stereocenters. The molecule has 5 nitrogen and oxygen atoms in total. The van der Waals surface area contributed by atoms with Crippen LogP contribution in [0, 0.1) is 6.92 Å². The summed E-state index contributed by atoms with van der Waals surface area (Å²) in [5.41, 5.74) is 1.76. The molecule has 104 valence electrons. The van der Waals surface area contributed by atoms with E-state index in [4.69, 9.17) is 4.52 Å². The van der Waals surface area contributed by atoms with Crippen LogP contribution in [0.5, 0.6) is 0 Å². The molecule has 5 heteroatoms. The van der Waals surface area contributed by atoms with E-state index in [0.29, 0.717) is 22.7 Å². The average Bonchev–Trinajstić information content (AvgIpc) is 2.90. The Kier molecular flexibility index (Phi) is 3.50. The molecule has 2 aromatic rings. The molecule has 1 amide bonds. The highest BCUT2D eigenvalue weighted by atomic mass is 16.5. The van der Waals surface area contributed by atoms with E-state index in [-0.39, 0.29) is 5.91 Å². The fourth-order valence-electron chi connectivity index (χ4n) is 2.56. The molecule has 1 aliphatic rings. The second-order valence-corrected chi connectivity index (χ2v) is 5.03. The second kappa shape index (κ2) is 5.45. The minimum Gasteiger partial charge on any atom is -0.360 e. The summed E-state index contributed by atoms with van der Waals surface area (Å²) in [5, 5.41) is 4.02. The Bertz CT molecular complexity index is 601. The number of carbonyl (C=O) groups is 1. The van der Waals surface area contributed by atoms with Gasteiger partial charge in [-0.3, -0.25) is 9.78 Å². The normalized spacial score (nSPS) is 15.3. The molecule has 3 rings (SSSR count). The third-order valence-electron chi connectivity index (χ3n) is 3.63. The van der Waals surface area contributed by atoms with Gasteiger partial charge < -0.3 is 9.42 Å². The van der Waals surface area contributed by atoms with E-state index in [1.165, 1.54) is 6.42 Å². The summed E-state index contributed by atoms with van der Waals surface area (Å²) in [7, 11) is 0. The monoisotopic (exact) mass is 271 g/mol. The number of carbonyl (C=O) groups excluding carboxylic acids is 1. The molecule has 1 saturated heterocycles. The van der Waals surface area contributed by atoms with Crippen molar-refractivity contribution in [2.45, 2.75) is 26.2 Å². The van der Waals surface area contributed by atoms with Crippen LogP contribution in [0.15, 0.2) is 28.9 Å². The Labute approximate surface area is 117 Å². The summed E-state index contributed by atoms with van der Waals surface area (Å²) in [4.78, 5) is 18.8. The highest BCUT2D eigenvalue weighted by Gasteiger charge is 2.27. The van der Waals surface area contributed by atoms with Gasteiger partial charge in [0.1, 0.15) is 17.0 Å². The van der Waals surface area contributed by atoms with Crippen LogP contribution in [0.4, 0.5) is 0 Å². The summed E-state index contributed by atoms with van der Waals surface area (Å²) in [5.74, 6) is 0.560. The standard InChI is InChI=1S/C15H17N3O2/c1-11-13(15(19)18-9-5-2-6-10-18)14(17-20-11)12-7-3-4-8-16-12/h3-4,7-8H,2,5-6,9-10H2,1H3. The van der Waals surface area contributed by atoms with Crippen molar-refractivity contribution in [3.05, 3.63) is 35.7 Å². The molecule has 0 radical (unpaired) electrons. The van der Waals surface area contributed by atoms with Gasteiger partial charge in [0.2, 0.25) is 0 Å². The molecule has 0 saturated carbocycles. The third-order valence-corrected chi connectivity index (χ3v) is 3.63. The van der Waals surface area contributed by atoms with E-state index in [2.05, 4.69) is 10.1 Å². The number of amides is 1. The first-order valence-electron chi connectivity index (χ1n) is 6.94. The minimum atomic E-state index is 0.00380. The third kappa shape index (κ3) is 2.31. The fourth-order valence-corrected chi connectivity index (χ4v) is 2.56. The molecule has 0 N–H and O–H groups in total. The van der Waals surface area contributed by atoms with Crippen LogP contribution in [0.2, 0.25) is 0 Å². The van der Waals surface area contributed by atoms with Crippen LogP contribution in [-0.2, 0) is 0 Å². The van der Waals surface area contributed by atoms with Gasteiger partial charge >= 0.3 is 0 Å². The summed E-state index contributed by atoms with van der Waals surface area (Å²) >= 11 is 0. The van der Waals surface area contributed by atoms with Crippen molar-refractivity contribution >= 4 is 5.91 Å². The maximum Gasteiger partial charge on any atom is 0.259 e. The van der Waals surface area contributed by atoms with Crippen molar-refractivity contribution < 1.29 is 9.32 Å². The van der Waals surface area contributed by atoms with Crippen molar-refractivity contribution in [1.82, 2.24) is 15.0 Å². The van der Waals surface area contributed by atoms with E-state index >= 15 is 0 Å². The molecule has 1 aliphatic heterocycles. The number of hydrogen-bond donors (Lipinski definition) is 0. The van der Waals surface area contributed by atoms with Gasteiger partial charge in [0.05, 0.1) is 5.69 Å². The highest BCUT2D eigenvalue weighted by Crippen LogP contribution is 2.25. The van der Waals surface area contributed by atoms with E-state index in [1.807, 2.05) is 23.1 Å². The van der Waals surface area contributed by atoms with E-state index in [0.717, 1.165) is 25.9 Å². The number of likely N-dealkylation sites (tertiary alicyclic amines) is 1. The molecule has 0 bridgehead atoms. The Morgan fingerprint density at radius 1 is 1.25 bits per heavy atom. The molecule has 0 aliphatic carbocycles. The van der Waals surface area contributed by atoms with Gasteiger partial charge in [-0.1, -0.05) is 11.2 Å². The molecular formula is C15H17N3O2. The van der Waals surface area contributed by atoms with Crippen LogP contribution in [0.25, 0.3) is 11.4 Å². The number of nitrogens with zero attached hydrogens (tertiary/aromatic N) is 3. The van der Waals surface area contributed by atoms with Crippen molar-refractivity contribution in [1.29, 1.82) is 0 Å². The van der Waals surface area contributed by atoms with Crippen LogP contribution in [0.3, 0.4) is 0 Å². The van der Waals surface area contributed by atoms with Crippen molar-refractivity contribution in [3.8, 4) is 11.4 Å². The number of hydrogen-bond acceptors (Lipinski definition) is 4. The maximum absolute atomic E-state index is 12.7. The predicted molar refractivity (Wildman–Crippen MR) is 74.2 cm³/mol. The lowest BCUT2D eigenvalue weighted by molar-refractivity contribution is 0.0723.